The normalized spacial score (nSPS) is 11.2. The van der Waals surface area contributed by atoms with Gasteiger partial charge in [0.2, 0.25) is 11.6 Å². The molecule has 0 saturated heterocycles. The van der Waals surface area contributed by atoms with E-state index in [2.05, 4.69) is 4.74 Å². The largest absolute Gasteiger partial charge is 0.500 e. The van der Waals surface area contributed by atoms with Gasteiger partial charge in [0.05, 0.1) is 18.1 Å². The third-order valence-corrected chi connectivity index (χ3v) is 3.09. The van der Waals surface area contributed by atoms with Gasteiger partial charge in [-0.15, -0.1) is 0 Å². The van der Waals surface area contributed by atoms with Crippen LogP contribution in [-0.4, -0.2) is 29.9 Å². The molecule has 0 aromatic heterocycles. The number of nitro benzene ring substituents is 1. The van der Waals surface area contributed by atoms with E-state index in [1.807, 2.05) is 0 Å². The number of ketones is 1. The SMILES string of the molecule is CCO/C=C(/C(=O)OCC)C(=O)c1c(F)c(Cl)c(F)c(F)c1[N+](=O)[O-]. The van der Waals surface area contributed by atoms with Gasteiger partial charge in [-0.05, 0) is 13.8 Å². The molecule has 0 amide bonds. The highest BCUT2D eigenvalue weighted by Gasteiger charge is 2.38. The molecule has 0 fully saturated rings. The quantitative estimate of drug-likeness (QED) is 0.0686. The third kappa shape index (κ3) is 4.08. The first-order valence-electron chi connectivity index (χ1n) is 6.72. The Morgan fingerprint density at radius 3 is 2.24 bits per heavy atom. The maximum atomic E-state index is 14.2. The van der Waals surface area contributed by atoms with Gasteiger partial charge in [0.15, 0.2) is 11.6 Å². The summed E-state index contributed by atoms with van der Waals surface area (Å²) in [6.07, 6.45) is 0.582. The molecule has 0 bridgehead atoms. The molecule has 0 aliphatic carbocycles. The zero-order valence-electron chi connectivity index (χ0n) is 12.9. The molecule has 0 N–H and O–H groups in total. The van der Waals surface area contributed by atoms with Gasteiger partial charge in [0.1, 0.15) is 22.4 Å². The second-order valence-corrected chi connectivity index (χ2v) is 4.65. The maximum absolute atomic E-state index is 14.2. The molecular formula is C14H11ClF3NO6. The number of hydrogen-bond donors (Lipinski definition) is 0. The van der Waals surface area contributed by atoms with Gasteiger partial charge in [-0.2, -0.15) is 4.39 Å². The van der Waals surface area contributed by atoms with Crippen molar-refractivity contribution in [3.63, 3.8) is 0 Å². The zero-order chi connectivity index (χ0) is 19.3. The predicted molar refractivity (Wildman–Crippen MR) is 78.7 cm³/mol. The van der Waals surface area contributed by atoms with Crippen LogP contribution in [-0.2, 0) is 14.3 Å². The van der Waals surface area contributed by atoms with Crippen LogP contribution < -0.4 is 0 Å². The highest BCUT2D eigenvalue weighted by molar-refractivity contribution is 6.32. The molecule has 1 aromatic carbocycles. The Morgan fingerprint density at radius 1 is 1.16 bits per heavy atom. The van der Waals surface area contributed by atoms with Crippen molar-refractivity contribution in [2.75, 3.05) is 13.2 Å². The van der Waals surface area contributed by atoms with Crippen LogP contribution in [0.5, 0.6) is 0 Å². The van der Waals surface area contributed by atoms with Gasteiger partial charge in [-0.3, -0.25) is 14.9 Å². The van der Waals surface area contributed by atoms with Crippen LogP contribution in [0.15, 0.2) is 11.8 Å². The first-order chi connectivity index (χ1) is 11.7. The molecule has 0 unspecified atom stereocenters. The molecule has 0 radical (unpaired) electrons. The molecule has 25 heavy (non-hydrogen) atoms. The van der Waals surface area contributed by atoms with E-state index in [0.29, 0.717) is 6.26 Å². The second kappa shape index (κ2) is 8.47. The predicted octanol–water partition coefficient (Wildman–Crippen LogP) is 3.33. The fourth-order valence-corrected chi connectivity index (χ4v) is 1.88. The van der Waals surface area contributed by atoms with Crippen LogP contribution in [0.25, 0.3) is 0 Å². The number of carbonyl (C=O) groups is 2. The summed E-state index contributed by atoms with van der Waals surface area (Å²) >= 11 is 5.23. The Morgan fingerprint density at radius 2 is 1.76 bits per heavy atom. The van der Waals surface area contributed by atoms with E-state index < -0.39 is 56.0 Å². The Hall–Kier alpha value is -2.62. The van der Waals surface area contributed by atoms with Crippen molar-refractivity contribution in [2.45, 2.75) is 13.8 Å². The van der Waals surface area contributed by atoms with E-state index in [-0.39, 0.29) is 13.2 Å². The molecule has 0 atom stereocenters. The summed E-state index contributed by atoms with van der Waals surface area (Å²) in [6.45, 7) is 2.69. The van der Waals surface area contributed by atoms with Gasteiger partial charge in [0.25, 0.3) is 0 Å². The topological polar surface area (TPSA) is 95.7 Å². The number of ether oxygens (including phenoxy) is 2. The fourth-order valence-electron chi connectivity index (χ4n) is 1.70. The van der Waals surface area contributed by atoms with E-state index in [9.17, 15) is 32.9 Å². The van der Waals surface area contributed by atoms with Crippen LogP contribution in [0.3, 0.4) is 0 Å². The fraction of sp³-hybridized carbons (Fsp3) is 0.286. The molecule has 136 valence electrons. The van der Waals surface area contributed by atoms with E-state index in [4.69, 9.17) is 16.3 Å². The minimum Gasteiger partial charge on any atom is -0.500 e. The summed E-state index contributed by atoms with van der Waals surface area (Å²) in [7, 11) is 0. The van der Waals surface area contributed by atoms with Crippen molar-refractivity contribution >= 4 is 29.0 Å². The summed E-state index contributed by atoms with van der Waals surface area (Å²) in [4.78, 5) is 33.7. The summed E-state index contributed by atoms with van der Waals surface area (Å²) in [5.41, 5.74) is -4.27. The third-order valence-electron chi connectivity index (χ3n) is 2.76. The Labute approximate surface area is 144 Å². The highest BCUT2D eigenvalue weighted by atomic mass is 35.5. The number of esters is 1. The number of nitrogens with zero attached hydrogens (tertiary/aromatic N) is 1. The number of Topliss-reactive ketones (excluding diaryl/α,β-unsaturated/α-hetero) is 1. The van der Waals surface area contributed by atoms with Crippen molar-refractivity contribution in [1.82, 2.24) is 0 Å². The number of halogens is 4. The molecular weight excluding hydrogens is 371 g/mol. The van der Waals surface area contributed by atoms with E-state index in [0.717, 1.165) is 0 Å². The summed E-state index contributed by atoms with van der Waals surface area (Å²) in [5.74, 6) is -9.00. The number of nitro groups is 1. The standard InChI is InChI=1S/C14H11ClF3NO6/c1-3-24-5-6(14(21)25-4-2)13(20)7-9(16)8(15)10(17)11(18)12(7)19(22)23/h5H,3-4H2,1-2H3/b6-5+. The lowest BCUT2D eigenvalue weighted by Crippen LogP contribution is -2.20. The lowest BCUT2D eigenvalue weighted by atomic mass is 10.0. The second-order valence-electron chi connectivity index (χ2n) is 4.27. The molecule has 0 spiro atoms. The Bertz CT molecular complexity index is 766. The van der Waals surface area contributed by atoms with Crippen LogP contribution in [0, 0.1) is 27.6 Å². The molecule has 0 aliphatic heterocycles. The minimum absolute atomic E-state index is 0.0146. The van der Waals surface area contributed by atoms with Gasteiger partial charge in [-0.25, -0.2) is 13.6 Å². The lowest BCUT2D eigenvalue weighted by molar-refractivity contribution is -0.388. The van der Waals surface area contributed by atoms with Gasteiger partial charge >= 0.3 is 11.7 Å². The molecule has 0 heterocycles. The lowest BCUT2D eigenvalue weighted by Gasteiger charge is -2.10. The first-order valence-corrected chi connectivity index (χ1v) is 7.10. The Kier molecular flexibility index (Phi) is 6.92. The monoisotopic (exact) mass is 381 g/mol. The molecule has 1 aromatic rings. The average molecular weight is 382 g/mol. The summed E-state index contributed by atoms with van der Waals surface area (Å²) < 4.78 is 50.7. The summed E-state index contributed by atoms with van der Waals surface area (Å²) in [6, 6.07) is 0. The van der Waals surface area contributed by atoms with Crippen molar-refractivity contribution in [3.05, 3.63) is 50.0 Å². The molecule has 1 rings (SSSR count). The molecule has 0 aliphatic rings. The maximum Gasteiger partial charge on any atom is 0.345 e. The van der Waals surface area contributed by atoms with Gasteiger partial charge in [0, 0.05) is 0 Å². The highest BCUT2D eigenvalue weighted by Crippen LogP contribution is 2.35. The van der Waals surface area contributed by atoms with Crippen molar-refractivity contribution in [3.8, 4) is 0 Å². The number of benzene rings is 1. The first kappa shape index (κ1) is 20.4. The zero-order valence-corrected chi connectivity index (χ0v) is 13.7. The van der Waals surface area contributed by atoms with Crippen LogP contribution in [0.4, 0.5) is 18.9 Å². The molecule has 7 nitrogen and oxygen atoms in total. The Balaban J connectivity index is 3.69. The smallest absolute Gasteiger partial charge is 0.345 e. The molecule has 11 heteroatoms. The minimum atomic E-state index is -2.14. The van der Waals surface area contributed by atoms with Gasteiger partial charge < -0.3 is 9.47 Å². The van der Waals surface area contributed by atoms with Crippen LogP contribution in [0.1, 0.15) is 24.2 Å². The van der Waals surface area contributed by atoms with Crippen molar-refractivity contribution in [1.29, 1.82) is 0 Å². The van der Waals surface area contributed by atoms with Crippen LogP contribution >= 0.6 is 11.6 Å². The van der Waals surface area contributed by atoms with E-state index in [1.54, 1.807) is 0 Å². The number of rotatable bonds is 7. The van der Waals surface area contributed by atoms with Crippen LogP contribution in [0.2, 0.25) is 5.02 Å². The average Bonchev–Trinajstić information content (AvgIpc) is 2.55. The van der Waals surface area contributed by atoms with E-state index >= 15 is 0 Å². The van der Waals surface area contributed by atoms with Crippen molar-refractivity contribution in [2.24, 2.45) is 0 Å². The summed E-state index contributed by atoms with van der Waals surface area (Å²) in [5, 5.41) is 9.50. The van der Waals surface area contributed by atoms with Gasteiger partial charge in [-0.1, -0.05) is 11.6 Å². The number of hydrogen-bond acceptors (Lipinski definition) is 6. The van der Waals surface area contributed by atoms with Crippen molar-refractivity contribution < 1.29 is 37.2 Å². The molecule has 0 saturated carbocycles. The van der Waals surface area contributed by atoms with E-state index in [1.165, 1.54) is 13.8 Å². The number of carbonyl (C=O) groups excluding carboxylic acids is 2.